The third-order valence-electron chi connectivity index (χ3n) is 3.69. The first-order valence-corrected chi connectivity index (χ1v) is 7.75. The van der Waals surface area contributed by atoms with Gasteiger partial charge in [-0.15, -0.1) is 0 Å². The number of hydrogen-bond acceptors (Lipinski definition) is 8. The molecule has 0 amide bonds. The fraction of sp³-hybridized carbons (Fsp3) is 0.643. The van der Waals surface area contributed by atoms with Gasteiger partial charge in [0.1, 0.15) is 18.2 Å². The van der Waals surface area contributed by atoms with Gasteiger partial charge in [-0.1, -0.05) is 13.8 Å². The van der Waals surface area contributed by atoms with E-state index < -0.39 is 54.3 Å². The summed E-state index contributed by atoms with van der Waals surface area (Å²) in [4.78, 5) is 25.4. The van der Waals surface area contributed by atoms with Gasteiger partial charge in [-0.25, -0.2) is 4.39 Å². The van der Waals surface area contributed by atoms with Gasteiger partial charge >= 0.3 is 5.97 Å². The van der Waals surface area contributed by atoms with E-state index in [1.165, 1.54) is 0 Å². The second-order valence-electron chi connectivity index (χ2n) is 5.90. The molecule has 0 bridgehead atoms. The van der Waals surface area contributed by atoms with Crippen LogP contribution >= 0.6 is 12.2 Å². The zero-order valence-corrected chi connectivity index (χ0v) is 14.2. The molecule has 1 aromatic rings. The number of aromatic amines is 1. The smallest absolute Gasteiger partial charge is 0.323 e. The molecule has 1 aromatic heterocycles. The average molecular weight is 379 g/mol. The van der Waals surface area contributed by atoms with E-state index in [9.17, 15) is 19.8 Å². The van der Waals surface area contributed by atoms with Gasteiger partial charge in [0.25, 0.3) is 11.4 Å². The first kappa shape index (κ1) is 16.8. The number of carbonyl (C=O) groups is 1. The van der Waals surface area contributed by atoms with Gasteiger partial charge in [-0.05, 0) is 18.1 Å². The molecule has 0 saturated carbocycles. The summed E-state index contributed by atoms with van der Waals surface area (Å²) in [6.07, 6.45) is -5.04. The Morgan fingerprint density at radius 1 is 1.68 bits per heavy atom. The van der Waals surface area contributed by atoms with E-state index in [-0.39, 0.29) is 4.77 Å². The van der Waals surface area contributed by atoms with Crippen molar-refractivity contribution in [1.82, 2.24) is 9.55 Å². The Labute approximate surface area is 150 Å². The maximum Gasteiger partial charge on any atom is 0.323 e. The number of hydrogen-bond donors (Lipinski definition) is 4. The Balaban J connectivity index is 2.34. The Hall–Kier alpha value is -1.66. The van der Waals surface area contributed by atoms with Crippen molar-refractivity contribution >= 4 is 18.2 Å². The highest BCUT2D eigenvalue weighted by Gasteiger charge is 2.57. The van der Waals surface area contributed by atoms with Crippen LogP contribution in [0.15, 0.2) is 17.1 Å². The van der Waals surface area contributed by atoms with E-state index >= 15 is 4.39 Å². The fourth-order valence-corrected chi connectivity index (χ4v) is 2.35. The maximum absolute atomic E-state index is 15.3. The van der Waals surface area contributed by atoms with Crippen molar-refractivity contribution in [2.45, 2.75) is 44.2 Å². The lowest BCUT2D eigenvalue weighted by Crippen LogP contribution is -2.46. The second-order valence-corrected chi connectivity index (χ2v) is 6.29. The summed E-state index contributed by atoms with van der Waals surface area (Å²) < 4.78 is 40.8. The molecule has 0 unspecified atom stereocenters. The summed E-state index contributed by atoms with van der Waals surface area (Å²) in [5.41, 5.74) is 4.99. The molecule has 5 N–H and O–H groups in total. The summed E-state index contributed by atoms with van der Waals surface area (Å²) in [5.74, 6) is -5.30. The molecule has 9 nitrogen and oxygen atoms in total. The number of nitrogens with zero attached hydrogens (tertiary/aromatic N) is 1. The largest absolute Gasteiger partial charge is 0.458 e. The van der Waals surface area contributed by atoms with E-state index in [0.717, 1.165) is 16.8 Å². The molecule has 25 heavy (non-hydrogen) atoms. The minimum Gasteiger partial charge on any atom is -0.458 e. The van der Waals surface area contributed by atoms with Crippen molar-refractivity contribution in [3.63, 3.8) is 0 Å². The Morgan fingerprint density at radius 3 is 2.88 bits per heavy atom. The minimum atomic E-state index is -3.63. The zero-order chi connectivity index (χ0) is 20.7. The van der Waals surface area contributed by atoms with E-state index in [1.54, 1.807) is 13.8 Å². The Morgan fingerprint density at radius 2 is 2.32 bits per heavy atom. The van der Waals surface area contributed by atoms with Crippen molar-refractivity contribution in [1.29, 1.82) is 0 Å². The third kappa shape index (κ3) is 3.96. The molecule has 1 fully saturated rings. The summed E-state index contributed by atoms with van der Waals surface area (Å²) in [6.45, 7) is -0.340. The summed E-state index contributed by atoms with van der Waals surface area (Å²) in [6, 6.07) is -0.233. The topological polar surface area (TPSA) is 140 Å². The zero-order valence-electron chi connectivity index (χ0n) is 15.4. The third-order valence-corrected chi connectivity index (χ3v) is 4.01. The molecule has 1 aliphatic rings. The molecule has 0 spiro atoms. The van der Waals surface area contributed by atoms with E-state index in [0.29, 0.717) is 0 Å². The van der Waals surface area contributed by atoms with Crippen molar-refractivity contribution in [3.05, 3.63) is 27.4 Å². The average Bonchev–Trinajstić information content (AvgIpc) is 2.79. The Kier molecular flexibility index (Phi) is 4.90. The van der Waals surface area contributed by atoms with Crippen LogP contribution in [0.5, 0.6) is 0 Å². The number of aliphatic hydroxyl groups excluding tert-OH is 2. The second kappa shape index (κ2) is 7.30. The van der Waals surface area contributed by atoms with Crippen molar-refractivity contribution in [2.75, 3.05) is 6.56 Å². The number of nitrogens with one attached hydrogen (secondary N) is 1. The number of carbonyl (C=O) groups excluding carboxylic acids is 1. The number of H-pyrrole nitrogens is 1. The fourth-order valence-electron chi connectivity index (χ4n) is 2.08. The number of nitrogens with two attached hydrogens (primary N) is 1. The molecule has 2 heterocycles. The van der Waals surface area contributed by atoms with Gasteiger partial charge in [0, 0.05) is 12.3 Å². The summed E-state index contributed by atoms with van der Waals surface area (Å²) in [7, 11) is 0. The monoisotopic (exact) mass is 379 g/mol. The van der Waals surface area contributed by atoms with Crippen LogP contribution in [-0.2, 0) is 14.3 Å². The number of esters is 1. The number of ether oxygens (including phenoxy) is 2. The van der Waals surface area contributed by atoms with Crippen LogP contribution in [0.25, 0.3) is 0 Å². The highest BCUT2D eigenvalue weighted by molar-refractivity contribution is 7.71. The van der Waals surface area contributed by atoms with Crippen molar-refractivity contribution in [3.8, 4) is 0 Å². The van der Waals surface area contributed by atoms with Gasteiger partial charge in [-0.3, -0.25) is 19.1 Å². The molecular formula is C14H20FN3O6S. The van der Waals surface area contributed by atoms with Gasteiger partial charge in [0.2, 0.25) is 0 Å². The lowest BCUT2D eigenvalue weighted by molar-refractivity contribution is -0.217. The first-order valence-electron chi connectivity index (χ1n) is 8.34. The predicted molar refractivity (Wildman–Crippen MR) is 85.6 cm³/mol. The normalized spacial score (nSPS) is 32.2. The van der Waals surface area contributed by atoms with Gasteiger partial charge < -0.3 is 25.4 Å². The van der Waals surface area contributed by atoms with Crippen LogP contribution < -0.4 is 11.3 Å². The van der Waals surface area contributed by atoms with Crippen LogP contribution in [0.3, 0.4) is 0 Å². The predicted octanol–water partition coefficient (Wildman–Crippen LogP) is -0.651. The number of rotatable bonds is 5. The van der Waals surface area contributed by atoms with Crippen LogP contribution in [0.4, 0.5) is 4.39 Å². The van der Waals surface area contributed by atoms with E-state index in [4.69, 9.17) is 25.4 Å². The SMILES string of the molecule is [2H]C([2H])(OC(=O)[C@@H](N)C(C)C)[C@@]1(F)O[C@@H](n2ccc(=O)[nH]c2=S)[C@H](O)[C@@H]1O. The van der Waals surface area contributed by atoms with E-state index in [2.05, 4.69) is 9.72 Å². The Bertz CT molecular complexity index is 834. The molecule has 1 saturated heterocycles. The van der Waals surface area contributed by atoms with Crippen LogP contribution in [0, 0.1) is 10.7 Å². The van der Waals surface area contributed by atoms with Gasteiger partial charge in [0.15, 0.2) is 17.6 Å². The maximum atomic E-state index is 15.3. The molecule has 5 atom stereocenters. The highest BCUT2D eigenvalue weighted by Crippen LogP contribution is 2.38. The van der Waals surface area contributed by atoms with Crippen LogP contribution in [-0.4, -0.2) is 56.4 Å². The standard InChI is InChI=1S/C14H20FN3O6S/c1-6(2)8(16)12(22)23-5-14(15)10(21)9(20)11(24-14)18-4-3-7(19)17-13(18)25/h3-4,6,8-11,20-21H,5,16H2,1-2H3,(H,17,19,25)/t8-,9+,10-,11+,14+/m0/s1/i5D2. The lowest BCUT2D eigenvalue weighted by Gasteiger charge is -2.24. The highest BCUT2D eigenvalue weighted by atomic mass is 32.1. The molecule has 0 radical (unpaired) electrons. The summed E-state index contributed by atoms with van der Waals surface area (Å²) in [5, 5.41) is 20.2. The molecule has 1 aliphatic heterocycles. The first-order chi connectivity index (χ1) is 12.3. The molecular weight excluding hydrogens is 357 g/mol. The number of halogens is 1. The van der Waals surface area contributed by atoms with Crippen molar-refractivity contribution in [2.24, 2.45) is 11.7 Å². The number of aliphatic hydroxyl groups is 2. The number of aromatic nitrogens is 2. The summed E-state index contributed by atoms with van der Waals surface area (Å²) >= 11 is 4.89. The molecule has 140 valence electrons. The molecule has 11 heteroatoms. The lowest BCUT2D eigenvalue weighted by atomic mass is 10.1. The van der Waals surface area contributed by atoms with Crippen LogP contribution in [0.2, 0.25) is 0 Å². The van der Waals surface area contributed by atoms with Crippen LogP contribution in [0.1, 0.15) is 22.8 Å². The van der Waals surface area contributed by atoms with Crippen molar-refractivity contribution < 1.29 is 31.6 Å². The molecule has 0 aliphatic carbocycles. The minimum absolute atomic E-state index is 0.262. The number of alkyl halides is 1. The molecule has 2 rings (SSSR count). The van der Waals surface area contributed by atoms with E-state index in [1.807, 2.05) is 0 Å². The van der Waals surface area contributed by atoms with Gasteiger partial charge in [-0.2, -0.15) is 0 Å². The van der Waals surface area contributed by atoms with Gasteiger partial charge in [0.05, 0.1) is 2.74 Å². The quantitative estimate of drug-likeness (QED) is 0.391. The molecule has 0 aromatic carbocycles.